The molecule has 0 saturated carbocycles. The molecule has 3 aromatic carbocycles. The number of urea groups is 1. The van der Waals surface area contributed by atoms with Gasteiger partial charge in [0.25, 0.3) is 0 Å². The molecule has 0 bridgehead atoms. The van der Waals surface area contributed by atoms with Crippen molar-refractivity contribution in [2.75, 3.05) is 35.0 Å². The van der Waals surface area contributed by atoms with E-state index in [2.05, 4.69) is 25.1 Å². The molecule has 0 atom stereocenters. The van der Waals surface area contributed by atoms with Crippen molar-refractivity contribution in [2.45, 2.75) is 26.1 Å². The molecule has 3 amide bonds. The molecule has 228 valence electrons. The number of amides is 3. The number of carbonyl (C=O) groups is 2. The van der Waals surface area contributed by atoms with Crippen LogP contribution in [0.1, 0.15) is 25.3 Å². The van der Waals surface area contributed by atoms with Gasteiger partial charge in [-0.2, -0.15) is 4.99 Å². The van der Waals surface area contributed by atoms with Crippen LogP contribution in [0, 0.1) is 0 Å². The lowest BCUT2D eigenvalue weighted by molar-refractivity contribution is -0.274. The number of nitrogens with zero attached hydrogens (tertiary/aromatic N) is 6. The number of alkyl halides is 3. The van der Waals surface area contributed by atoms with E-state index in [1.165, 1.54) is 45.9 Å². The van der Waals surface area contributed by atoms with Crippen molar-refractivity contribution >= 4 is 45.9 Å². The second kappa shape index (κ2) is 12.4. The zero-order valence-electron chi connectivity index (χ0n) is 24.2. The molecular weight excluding hydrogens is 595 g/mol. The number of rotatable bonds is 7. The van der Waals surface area contributed by atoms with E-state index in [9.17, 15) is 22.8 Å². The Morgan fingerprint density at radius 2 is 1.84 bits per heavy atom. The molecule has 1 aliphatic rings. The molecule has 10 nitrogen and oxygen atoms in total. The predicted molar refractivity (Wildman–Crippen MR) is 165 cm³/mol. The average molecular weight is 624 g/mol. The van der Waals surface area contributed by atoms with Crippen molar-refractivity contribution < 1.29 is 27.5 Å². The number of thioether (sulfide) groups is 1. The summed E-state index contributed by atoms with van der Waals surface area (Å²) in [6, 6.07) is 17.3. The molecule has 1 fully saturated rings. The number of hydrogen-bond donors (Lipinski definition) is 1. The van der Waals surface area contributed by atoms with Gasteiger partial charge in [0.2, 0.25) is 5.91 Å². The molecule has 2 heterocycles. The molecule has 0 aliphatic carbocycles. The smallest absolute Gasteiger partial charge is 0.406 e. The van der Waals surface area contributed by atoms with Gasteiger partial charge >= 0.3 is 12.4 Å². The van der Waals surface area contributed by atoms with Gasteiger partial charge in [-0.3, -0.25) is 9.69 Å². The Hall–Kier alpha value is -4.85. The Bertz CT molecular complexity index is 1720. The van der Waals surface area contributed by atoms with Gasteiger partial charge in [-0.1, -0.05) is 37.7 Å². The minimum Gasteiger partial charge on any atom is -0.406 e. The van der Waals surface area contributed by atoms with E-state index in [-0.39, 0.29) is 23.3 Å². The topological polar surface area (TPSA) is 105 Å². The fourth-order valence-corrected chi connectivity index (χ4v) is 5.32. The fraction of sp³-hybridized carbons (Fsp3) is 0.233. The second-order valence-corrected chi connectivity index (χ2v) is 11.2. The highest BCUT2D eigenvalue weighted by molar-refractivity contribution is 8.15. The number of aliphatic imine (C=N–C) groups is 1. The van der Waals surface area contributed by atoms with Crippen LogP contribution >= 0.6 is 11.8 Å². The molecule has 0 unspecified atom stereocenters. The lowest BCUT2D eigenvalue weighted by Crippen LogP contribution is -2.31. The van der Waals surface area contributed by atoms with E-state index in [0.717, 1.165) is 11.3 Å². The van der Waals surface area contributed by atoms with Crippen molar-refractivity contribution in [1.82, 2.24) is 14.8 Å². The van der Waals surface area contributed by atoms with Gasteiger partial charge in [-0.15, -0.1) is 18.3 Å². The third kappa shape index (κ3) is 7.02. The minimum absolute atomic E-state index is 0.141. The van der Waals surface area contributed by atoms with Crippen molar-refractivity contribution in [3.8, 4) is 22.8 Å². The van der Waals surface area contributed by atoms with E-state index >= 15 is 0 Å². The van der Waals surface area contributed by atoms with Gasteiger partial charge in [-0.25, -0.2) is 14.5 Å². The molecule has 4 aromatic rings. The van der Waals surface area contributed by atoms with Crippen LogP contribution in [-0.4, -0.2) is 58.1 Å². The third-order valence-electron chi connectivity index (χ3n) is 6.56. The SMILES string of the molecule is CC(C)c1ccc(N(C)C)cc1N1C(=O)CSC1=NC(=O)Nc1ccc(-c2ncn(-c3cccc(OC(F)(F)F)c3)n2)cc1. The summed E-state index contributed by atoms with van der Waals surface area (Å²) in [6.45, 7) is 4.08. The Morgan fingerprint density at radius 1 is 1.09 bits per heavy atom. The zero-order chi connectivity index (χ0) is 31.6. The van der Waals surface area contributed by atoms with E-state index < -0.39 is 12.4 Å². The first-order valence-electron chi connectivity index (χ1n) is 13.4. The quantitative estimate of drug-likeness (QED) is 0.245. The van der Waals surface area contributed by atoms with Gasteiger partial charge in [-0.05, 0) is 60.0 Å². The van der Waals surface area contributed by atoms with Crippen LogP contribution in [0.15, 0.2) is 78.0 Å². The van der Waals surface area contributed by atoms with Gasteiger partial charge in [0.1, 0.15) is 12.1 Å². The lowest BCUT2D eigenvalue weighted by Gasteiger charge is -2.24. The number of ether oxygens (including phenoxy) is 1. The number of halogens is 3. The van der Waals surface area contributed by atoms with Crippen LogP contribution < -0.4 is 19.9 Å². The highest BCUT2D eigenvalue weighted by atomic mass is 32.2. The maximum atomic E-state index is 12.9. The number of aromatic nitrogens is 3. The molecule has 1 aromatic heterocycles. The monoisotopic (exact) mass is 623 g/mol. The van der Waals surface area contributed by atoms with Crippen LogP contribution in [0.5, 0.6) is 5.75 Å². The summed E-state index contributed by atoms with van der Waals surface area (Å²) in [6.07, 6.45) is -3.43. The maximum absolute atomic E-state index is 12.9. The van der Waals surface area contributed by atoms with Crippen molar-refractivity contribution in [1.29, 1.82) is 0 Å². The number of hydrogen-bond acceptors (Lipinski definition) is 7. The second-order valence-electron chi connectivity index (χ2n) is 10.3. The Balaban J connectivity index is 1.30. The number of nitrogens with one attached hydrogen (secondary N) is 1. The number of amidine groups is 1. The largest absolute Gasteiger partial charge is 0.573 e. The van der Waals surface area contributed by atoms with E-state index in [4.69, 9.17) is 0 Å². The number of benzene rings is 3. The van der Waals surface area contributed by atoms with Crippen molar-refractivity contribution in [2.24, 2.45) is 4.99 Å². The van der Waals surface area contributed by atoms with Crippen LogP contribution in [0.25, 0.3) is 17.1 Å². The molecule has 14 heteroatoms. The molecule has 44 heavy (non-hydrogen) atoms. The Kier molecular flexibility index (Phi) is 8.63. The normalized spacial score (nSPS) is 14.4. The van der Waals surface area contributed by atoms with Crippen LogP contribution in [0.3, 0.4) is 0 Å². The summed E-state index contributed by atoms with van der Waals surface area (Å²) in [7, 11) is 3.83. The maximum Gasteiger partial charge on any atom is 0.573 e. The van der Waals surface area contributed by atoms with Gasteiger partial charge in [0.15, 0.2) is 11.0 Å². The van der Waals surface area contributed by atoms with E-state index in [0.29, 0.717) is 33.6 Å². The summed E-state index contributed by atoms with van der Waals surface area (Å²) in [5.74, 6) is 0.103. The molecule has 0 radical (unpaired) electrons. The minimum atomic E-state index is -4.81. The molecule has 0 spiro atoms. The highest BCUT2D eigenvalue weighted by Gasteiger charge is 2.33. The Morgan fingerprint density at radius 3 is 2.52 bits per heavy atom. The van der Waals surface area contributed by atoms with Gasteiger partial charge < -0.3 is 15.0 Å². The summed E-state index contributed by atoms with van der Waals surface area (Å²) in [4.78, 5) is 37.7. The number of carbonyl (C=O) groups excluding carboxylic acids is 2. The lowest BCUT2D eigenvalue weighted by atomic mass is 9.99. The van der Waals surface area contributed by atoms with Gasteiger partial charge in [0.05, 0.1) is 17.1 Å². The molecule has 1 N–H and O–H groups in total. The zero-order valence-corrected chi connectivity index (χ0v) is 25.0. The highest BCUT2D eigenvalue weighted by Crippen LogP contribution is 2.36. The van der Waals surface area contributed by atoms with Crippen LogP contribution in [-0.2, 0) is 4.79 Å². The Labute approximate surface area is 255 Å². The van der Waals surface area contributed by atoms with E-state index in [1.807, 2.05) is 51.0 Å². The standard InChI is InChI=1S/C30H28F3N7O3S/c1-18(2)24-13-12-21(38(3)4)15-25(24)40-26(41)16-44-29(40)36-28(42)35-20-10-8-19(9-11-20)27-34-17-39(37-27)22-6-5-7-23(14-22)43-30(31,32)33/h5-15,17-18H,16H2,1-4H3,(H,35,42). The first-order chi connectivity index (χ1) is 20.9. The predicted octanol–water partition coefficient (Wildman–Crippen LogP) is 6.69. The molecule has 5 rings (SSSR count). The first-order valence-corrected chi connectivity index (χ1v) is 14.4. The fourth-order valence-electron chi connectivity index (χ4n) is 4.46. The van der Waals surface area contributed by atoms with Crippen LogP contribution in [0.4, 0.5) is 35.0 Å². The molecular formula is C30H28F3N7O3S. The summed E-state index contributed by atoms with van der Waals surface area (Å²) in [5, 5.41) is 7.36. The van der Waals surface area contributed by atoms with E-state index in [1.54, 1.807) is 30.3 Å². The van der Waals surface area contributed by atoms with Gasteiger partial charge in [0, 0.05) is 37.1 Å². The van der Waals surface area contributed by atoms with Crippen LogP contribution in [0.2, 0.25) is 0 Å². The first kappa shape index (κ1) is 30.6. The summed E-state index contributed by atoms with van der Waals surface area (Å²) in [5.41, 5.74) is 3.98. The average Bonchev–Trinajstić information content (AvgIpc) is 3.59. The third-order valence-corrected chi connectivity index (χ3v) is 7.48. The summed E-state index contributed by atoms with van der Waals surface area (Å²) < 4.78 is 43.1. The number of anilines is 3. The molecule has 1 saturated heterocycles. The van der Waals surface area contributed by atoms with Crippen molar-refractivity contribution in [3.05, 3.63) is 78.6 Å². The summed E-state index contributed by atoms with van der Waals surface area (Å²) >= 11 is 1.20. The van der Waals surface area contributed by atoms with Crippen molar-refractivity contribution in [3.63, 3.8) is 0 Å². The molecule has 1 aliphatic heterocycles.